The maximum Gasteiger partial charge on any atom is 0.441 e. The molecule has 2 N–H and O–H groups in total. The van der Waals surface area contributed by atoms with Crippen LogP contribution in [0.15, 0.2) is 24.3 Å². The van der Waals surface area contributed by atoms with Gasteiger partial charge in [0.15, 0.2) is 0 Å². The van der Waals surface area contributed by atoms with E-state index < -0.39 is 58.6 Å². The summed E-state index contributed by atoms with van der Waals surface area (Å²) >= 11 is 0.793. The Bertz CT molecular complexity index is 1190. The summed E-state index contributed by atoms with van der Waals surface area (Å²) in [7, 11) is 1.04. The topological polar surface area (TPSA) is 93.7 Å². The van der Waals surface area contributed by atoms with Crippen molar-refractivity contribution in [2.75, 3.05) is 19.0 Å². The van der Waals surface area contributed by atoms with E-state index in [9.17, 15) is 40.7 Å². The number of hydrogen-bond donors (Lipinski definition) is 2. The number of rotatable bonds is 7. The number of amides is 1. The van der Waals surface area contributed by atoms with Crippen molar-refractivity contribution in [1.82, 2.24) is 5.32 Å². The SMILES string of the molecule is CCOC(=O)[C@](NC(=O)c1cccc(C(F)(F)F)c1)(Nc1sc2c(c1C(=O)OC)CCCC2)C(F)(F)F. The number of esters is 2. The van der Waals surface area contributed by atoms with Crippen LogP contribution in [0.5, 0.6) is 0 Å². The summed E-state index contributed by atoms with van der Waals surface area (Å²) in [5.41, 5.74) is -5.75. The average molecular weight is 552 g/mol. The standard InChI is InChI=1S/C23H22F6N2O5S/c1-3-36-20(34)21(23(27,28)29,30-17(32)12-7-6-8-13(11-12)22(24,25)26)31-18-16(19(33)35-2)14-9-4-5-10-15(14)37-18/h6-8,11,31H,3-5,9-10H2,1-2H3,(H,30,32)/t21-/m0/s1. The molecule has 1 aromatic heterocycles. The van der Waals surface area contributed by atoms with E-state index in [0.717, 1.165) is 37.0 Å². The van der Waals surface area contributed by atoms with Crippen molar-refractivity contribution < 1.29 is 50.2 Å². The molecule has 1 aromatic carbocycles. The second-order valence-corrected chi connectivity index (χ2v) is 9.14. The van der Waals surface area contributed by atoms with Crippen molar-refractivity contribution >= 4 is 34.2 Å². The van der Waals surface area contributed by atoms with Gasteiger partial charge in [0, 0.05) is 10.4 Å². The number of methoxy groups -OCH3 is 1. The van der Waals surface area contributed by atoms with Crippen LogP contribution in [0.25, 0.3) is 0 Å². The van der Waals surface area contributed by atoms with E-state index in [1.54, 1.807) is 0 Å². The molecule has 0 saturated heterocycles. The van der Waals surface area contributed by atoms with Gasteiger partial charge in [-0.3, -0.25) is 4.79 Å². The second-order valence-electron chi connectivity index (χ2n) is 8.03. The minimum Gasteiger partial charge on any atom is -0.465 e. The summed E-state index contributed by atoms with van der Waals surface area (Å²) in [5, 5.41) is 3.07. The summed E-state index contributed by atoms with van der Waals surface area (Å²) < 4.78 is 92.5. The molecule has 14 heteroatoms. The van der Waals surface area contributed by atoms with Crippen LogP contribution >= 0.6 is 11.3 Å². The van der Waals surface area contributed by atoms with Crippen LogP contribution in [-0.4, -0.2) is 43.4 Å². The van der Waals surface area contributed by atoms with Crippen molar-refractivity contribution in [3.63, 3.8) is 0 Å². The molecule has 1 heterocycles. The highest BCUT2D eigenvalue weighted by Gasteiger charge is 2.64. The monoisotopic (exact) mass is 552 g/mol. The van der Waals surface area contributed by atoms with Crippen LogP contribution in [-0.2, 0) is 33.3 Å². The number of hydrogen-bond acceptors (Lipinski definition) is 7. The summed E-state index contributed by atoms with van der Waals surface area (Å²) in [6, 6.07) is 2.69. The van der Waals surface area contributed by atoms with E-state index >= 15 is 0 Å². The van der Waals surface area contributed by atoms with Gasteiger partial charge < -0.3 is 20.1 Å². The molecule has 0 spiro atoms. The Hall–Kier alpha value is -3.29. The molecule has 3 rings (SSSR count). The Labute approximate surface area is 211 Å². The summed E-state index contributed by atoms with van der Waals surface area (Å²) in [6.07, 6.45) is -8.19. The molecule has 0 aliphatic heterocycles. The van der Waals surface area contributed by atoms with E-state index in [1.807, 2.05) is 5.32 Å². The van der Waals surface area contributed by atoms with Crippen molar-refractivity contribution in [1.29, 1.82) is 0 Å². The zero-order valence-electron chi connectivity index (χ0n) is 19.6. The van der Waals surface area contributed by atoms with Gasteiger partial charge in [-0.25, -0.2) is 9.59 Å². The number of aryl methyl sites for hydroxylation is 1. The minimum absolute atomic E-state index is 0.214. The summed E-state index contributed by atoms with van der Waals surface area (Å²) in [6.45, 7) is 0.722. The van der Waals surface area contributed by atoms with Crippen LogP contribution in [0.4, 0.5) is 31.3 Å². The molecule has 0 fully saturated rings. The third kappa shape index (κ3) is 5.68. The first kappa shape index (κ1) is 28.3. The lowest BCUT2D eigenvalue weighted by atomic mass is 9.95. The molecule has 0 radical (unpaired) electrons. The molecule has 1 aliphatic rings. The molecule has 1 amide bonds. The third-order valence-electron chi connectivity index (χ3n) is 5.62. The molecule has 202 valence electrons. The number of carbonyl (C=O) groups excluding carboxylic acids is 3. The number of fused-ring (bicyclic) bond motifs is 1. The highest BCUT2D eigenvalue weighted by Crippen LogP contribution is 2.42. The highest BCUT2D eigenvalue weighted by molar-refractivity contribution is 7.16. The van der Waals surface area contributed by atoms with Crippen molar-refractivity contribution in [3.8, 4) is 0 Å². The first-order valence-corrected chi connectivity index (χ1v) is 11.8. The molecular weight excluding hydrogens is 530 g/mol. The maximum atomic E-state index is 14.6. The molecule has 0 saturated carbocycles. The number of carbonyl (C=O) groups is 3. The van der Waals surface area contributed by atoms with Gasteiger partial charge in [0.2, 0.25) is 0 Å². The fraction of sp³-hybridized carbons (Fsp3) is 0.435. The van der Waals surface area contributed by atoms with Gasteiger partial charge in [0.1, 0.15) is 5.00 Å². The Balaban J connectivity index is 2.14. The molecule has 0 bridgehead atoms. The van der Waals surface area contributed by atoms with E-state index in [2.05, 4.69) is 4.74 Å². The predicted octanol–water partition coefficient (Wildman–Crippen LogP) is 5.10. The van der Waals surface area contributed by atoms with E-state index in [1.165, 1.54) is 12.2 Å². The Morgan fingerprint density at radius 1 is 1.05 bits per heavy atom. The van der Waals surface area contributed by atoms with Crippen LogP contribution in [0.2, 0.25) is 0 Å². The lowest BCUT2D eigenvalue weighted by Gasteiger charge is -2.35. The third-order valence-corrected chi connectivity index (χ3v) is 6.83. The predicted molar refractivity (Wildman–Crippen MR) is 120 cm³/mol. The first-order valence-electron chi connectivity index (χ1n) is 11.0. The van der Waals surface area contributed by atoms with Crippen LogP contribution in [0.3, 0.4) is 0 Å². The van der Waals surface area contributed by atoms with Crippen LogP contribution in [0.1, 0.15) is 56.5 Å². The lowest BCUT2D eigenvalue weighted by molar-refractivity contribution is -0.204. The number of alkyl halides is 6. The van der Waals surface area contributed by atoms with Gasteiger partial charge >= 0.3 is 30.0 Å². The zero-order chi connectivity index (χ0) is 27.6. The van der Waals surface area contributed by atoms with Gasteiger partial charge in [-0.2, -0.15) is 26.3 Å². The lowest BCUT2D eigenvalue weighted by Crippen LogP contribution is -2.69. The molecule has 1 atom stereocenters. The first-order chi connectivity index (χ1) is 17.2. The normalized spacial score (nSPS) is 15.2. The number of thiophene rings is 1. The fourth-order valence-corrected chi connectivity index (χ4v) is 5.18. The van der Waals surface area contributed by atoms with Gasteiger partial charge in [-0.15, -0.1) is 11.3 Å². The number of nitrogens with one attached hydrogen (secondary N) is 2. The van der Waals surface area contributed by atoms with Crippen molar-refractivity contribution in [2.45, 2.75) is 50.6 Å². The van der Waals surface area contributed by atoms with Gasteiger partial charge in [-0.05, 0) is 56.4 Å². The Morgan fingerprint density at radius 2 is 1.73 bits per heavy atom. The highest BCUT2D eigenvalue weighted by atomic mass is 32.1. The molecule has 37 heavy (non-hydrogen) atoms. The maximum absolute atomic E-state index is 14.6. The zero-order valence-corrected chi connectivity index (χ0v) is 20.4. The molecule has 0 unspecified atom stereocenters. The van der Waals surface area contributed by atoms with Gasteiger partial charge in [-0.1, -0.05) is 6.07 Å². The molecule has 2 aromatic rings. The minimum atomic E-state index is -5.56. The van der Waals surface area contributed by atoms with Crippen molar-refractivity contribution in [3.05, 3.63) is 51.4 Å². The van der Waals surface area contributed by atoms with Gasteiger partial charge in [0.05, 0.1) is 24.8 Å². The fourth-order valence-electron chi connectivity index (χ4n) is 3.85. The van der Waals surface area contributed by atoms with E-state index in [-0.39, 0.29) is 5.56 Å². The number of ether oxygens (including phenoxy) is 2. The average Bonchev–Trinajstić information content (AvgIpc) is 3.19. The van der Waals surface area contributed by atoms with E-state index in [0.29, 0.717) is 41.8 Å². The Morgan fingerprint density at radius 3 is 2.32 bits per heavy atom. The summed E-state index contributed by atoms with van der Waals surface area (Å²) in [4.78, 5) is 38.8. The van der Waals surface area contributed by atoms with E-state index in [4.69, 9.17) is 4.74 Å². The van der Waals surface area contributed by atoms with Crippen molar-refractivity contribution in [2.24, 2.45) is 0 Å². The molecular formula is C23H22F6N2O5S. The molecule has 7 nitrogen and oxygen atoms in total. The number of halogens is 6. The Kier molecular flexibility index (Phi) is 8.10. The molecule has 1 aliphatic carbocycles. The quantitative estimate of drug-likeness (QED) is 0.282. The largest absolute Gasteiger partial charge is 0.465 e. The number of benzene rings is 1. The smallest absolute Gasteiger partial charge is 0.441 e. The number of anilines is 1. The van der Waals surface area contributed by atoms with Crippen LogP contribution < -0.4 is 10.6 Å². The van der Waals surface area contributed by atoms with Crippen LogP contribution in [0, 0.1) is 0 Å². The summed E-state index contributed by atoms with van der Waals surface area (Å²) in [5.74, 6) is -4.55. The van der Waals surface area contributed by atoms with Gasteiger partial charge in [0.25, 0.3) is 5.91 Å². The second kappa shape index (κ2) is 10.6.